The van der Waals surface area contributed by atoms with Gasteiger partial charge >= 0.3 is 0 Å². The van der Waals surface area contributed by atoms with Crippen LogP contribution in [0.3, 0.4) is 0 Å². The first-order valence-corrected chi connectivity index (χ1v) is 9.41. The van der Waals surface area contributed by atoms with Gasteiger partial charge in [-0.1, -0.05) is 45.0 Å². The van der Waals surface area contributed by atoms with Crippen LogP contribution in [0.5, 0.6) is 0 Å². The highest BCUT2D eigenvalue weighted by atomic mass is 35.5. The van der Waals surface area contributed by atoms with E-state index in [2.05, 4.69) is 48.0 Å². The minimum atomic E-state index is -0.391. The van der Waals surface area contributed by atoms with Crippen LogP contribution < -0.4 is 10.6 Å². The highest BCUT2D eigenvalue weighted by Gasteiger charge is 2.19. The van der Waals surface area contributed by atoms with Crippen LogP contribution in [-0.4, -0.2) is 28.8 Å². The Hall–Kier alpha value is -2.14. The van der Waals surface area contributed by atoms with E-state index in [-0.39, 0.29) is 11.2 Å². The lowest BCUT2D eigenvalue weighted by atomic mass is 9.95. The molecule has 1 atom stereocenters. The molecule has 1 aromatic rings. The summed E-state index contributed by atoms with van der Waals surface area (Å²) in [6.07, 6.45) is 8.29. The number of Topliss-reactive ketones (excluding diaryl/α,β-unsaturated/α-hetero) is 1. The first-order valence-electron chi connectivity index (χ1n) is 9.03. The van der Waals surface area contributed by atoms with Crippen LogP contribution in [0, 0.1) is 0 Å². The summed E-state index contributed by atoms with van der Waals surface area (Å²) in [7, 11) is 1.78. The van der Waals surface area contributed by atoms with Gasteiger partial charge in [0.2, 0.25) is 0 Å². The molecule has 0 spiro atoms. The van der Waals surface area contributed by atoms with E-state index in [1.165, 1.54) is 0 Å². The Labute approximate surface area is 168 Å². The molecule has 0 saturated carbocycles. The number of halogens is 1. The number of carbonyl (C=O) groups excluding carboxylic acids is 1. The van der Waals surface area contributed by atoms with Gasteiger partial charge in [-0.25, -0.2) is 9.97 Å². The quantitative estimate of drug-likeness (QED) is 0.623. The van der Waals surface area contributed by atoms with E-state index in [0.717, 1.165) is 22.7 Å². The lowest BCUT2D eigenvalue weighted by Gasteiger charge is -2.21. The predicted molar refractivity (Wildman–Crippen MR) is 113 cm³/mol. The molecule has 6 heteroatoms. The van der Waals surface area contributed by atoms with Crippen molar-refractivity contribution in [3.05, 3.63) is 58.9 Å². The van der Waals surface area contributed by atoms with Crippen molar-refractivity contribution in [1.82, 2.24) is 20.6 Å². The molecule has 1 heterocycles. The second kappa shape index (κ2) is 10.3. The fourth-order valence-electron chi connectivity index (χ4n) is 2.47. The first-order chi connectivity index (χ1) is 12.6. The normalized spacial score (nSPS) is 13.9. The molecule has 0 aromatic carbocycles. The average Bonchev–Trinajstić information content (AvgIpc) is 2.58. The predicted octanol–water partition coefficient (Wildman–Crippen LogP) is 4.01. The van der Waals surface area contributed by atoms with Gasteiger partial charge in [-0.05, 0) is 25.0 Å². The van der Waals surface area contributed by atoms with E-state index in [0.29, 0.717) is 17.9 Å². The molecule has 1 aromatic heterocycles. The van der Waals surface area contributed by atoms with Crippen LogP contribution >= 0.6 is 11.6 Å². The monoisotopic (exact) mass is 390 g/mol. The van der Waals surface area contributed by atoms with Gasteiger partial charge in [0.05, 0.1) is 11.1 Å². The molecular weight excluding hydrogens is 360 g/mol. The molecule has 0 fully saturated rings. The van der Waals surface area contributed by atoms with Crippen molar-refractivity contribution in [3.8, 4) is 0 Å². The van der Waals surface area contributed by atoms with Crippen LogP contribution in [0.15, 0.2) is 47.6 Å². The maximum Gasteiger partial charge on any atom is 0.152 e. The smallest absolute Gasteiger partial charge is 0.152 e. The van der Waals surface area contributed by atoms with E-state index in [4.69, 9.17) is 11.6 Å². The van der Waals surface area contributed by atoms with Crippen molar-refractivity contribution in [1.29, 1.82) is 0 Å². The molecule has 0 aliphatic carbocycles. The number of rotatable bonds is 9. The summed E-state index contributed by atoms with van der Waals surface area (Å²) in [5.74, 6) is 0.832. The van der Waals surface area contributed by atoms with Crippen LogP contribution in [0.1, 0.15) is 52.4 Å². The molecule has 5 nitrogen and oxygen atoms in total. The SMILES string of the molecule is C=C(Cc1cnc(C(C)(C)C)nc1)NC(CC(=C/C)/C(Cl)=C\NC)C(C)=O. The second-order valence-electron chi connectivity index (χ2n) is 7.55. The number of nitrogens with one attached hydrogen (secondary N) is 2. The molecule has 0 amide bonds. The largest absolute Gasteiger partial charge is 0.393 e. The molecule has 0 saturated heterocycles. The maximum absolute atomic E-state index is 12.1. The van der Waals surface area contributed by atoms with Crippen LogP contribution in [0.4, 0.5) is 0 Å². The lowest BCUT2D eigenvalue weighted by molar-refractivity contribution is -0.118. The number of nitrogens with zero attached hydrogens (tertiary/aromatic N) is 2. The number of carbonyl (C=O) groups is 1. The molecule has 0 aliphatic rings. The topological polar surface area (TPSA) is 66.9 Å². The number of hydrogen-bond donors (Lipinski definition) is 2. The molecule has 148 valence electrons. The fraction of sp³-hybridized carbons (Fsp3) is 0.476. The lowest BCUT2D eigenvalue weighted by Crippen LogP contribution is -2.35. The third kappa shape index (κ3) is 7.55. The zero-order chi connectivity index (χ0) is 20.6. The van der Waals surface area contributed by atoms with E-state index in [9.17, 15) is 4.79 Å². The summed E-state index contributed by atoms with van der Waals surface area (Å²) >= 11 is 6.27. The third-order valence-corrected chi connectivity index (χ3v) is 4.36. The second-order valence-corrected chi connectivity index (χ2v) is 7.96. The minimum absolute atomic E-state index is 0.0313. The summed E-state index contributed by atoms with van der Waals surface area (Å²) < 4.78 is 0. The van der Waals surface area contributed by atoms with E-state index in [1.807, 2.05) is 25.4 Å². The van der Waals surface area contributed by atoms with Gasteiger partial charge in [0.25, 0.3) is 0 Å². The summed E-state index contributed by atoms with van der Waals surface area (Å²) in [4.78, 5) is 21.0. The van der Waals surface area contributed by atoms with E-state index >= 15 is 0 Å². The number of ketones is 1. The fourth-order valence-corrected chi connectivity index (χ4v) is 2.76. The van der Waals surface area contributed by atoms with Gasteiger partial charge in [-0.15, -0.1) is 0 Å². The van der Waals surface area contributed by atoms with Gasteiger partial charge in [0.1, 0.15) is 5.82 Å². The van der Waals surface area contributed by atoms with Gasteiger partial charge in [-0.3, -0.25) is 4.79 Å². The molecular formula is C21H31ClN4O. The van der Waals surface area contributed by atoms with Gasteiger partial charge in [-0.2, -0.15) is 0 Å². The Balaban J connectivity index is 2.79. The van der Waals surface area contributed by atoms with Crippen molar-refractivity contribution in [2.45, 2.75) is 58.9 Å². The molecule has 0 aliphatic heterocycles. The van der Waals surface area contributed by atoms with Crippen LogP contribution in [0.25, 0.3) is 0 Å². The zero-order valence-corrected chi connectivity index (χ0v) is 17.9. The van der Waals surface area contributed by atoms with Gasteiger partial charge in [0.15, 0.2) is 5.78 Å². The average molecular weight is 391 g/mol. The summed E-state index contributed by atoms with van der Waals surface area (Å²) in [6.45, 7) is 13.8. The van der Waals surface area contributed by atoms with Crippen LogP contribution in [0.2, 0.25) is 0 Å². The number of allylic oxidation sites excluding steroid dienone is 3. The van der Waals surface area contributed by atoms with Gasteiger partial charge < -0.3 is 10.6 Å². The molecule has 0 radical (unpaired) electrons. The van der Waals surface area contributed by atoms with Crippen molar-refractivity contribution >= 4 is 17.4 Å². The third-order valence-electron chi connectivity index (χ3n) is 4.01. The Morgan fingerprint density at radius 1 is 1.33 bits per heavy atom. The standard InChI is InChI=1S/C21H31ClN4O/c1-8-17(18(22)13-23-7)10-19(15(3)27)26-14(2)9-16-11-24-20(25-12-16)21(4,5)6/h8,11-13,19,23,26H,2,9-10H2,1,3-7H3/b17-8-,18-13+. The van der Waals surface area contributed by atoms with Crippen molar-refractivity contribution in [3.63, 3.8) is 0 Å². The Bertz CT molecular complexity index is 715. The molecule has 27 heavy (non-hydrogen) atoms. The van der Waals surface area contributed by atoms with E-state index < -0.39 is 6.04 Å². The van der Waals surface area contributed by atoms with E-state index in [1.54, 1.807) is 20.2 Å². The molecule has 2 N–H and O–H groups in total. The zero-order valence-electron chi connectivity index (χ0n) is 17.2. The Morgan fingerprint density at radius 2 is 1.93 bits per heavy atom. The molecule has 0 bridgehead atoms. The van der Waals surface area contributed by atoms with Crippen molar-refractivity contribution in [2.75, 3.05) is 7.05 Å². The summed E-state index contributed by atoms with van der Waals surface area (Å²) in [5, 5.41) is 6.71. The summed E-state index contributed by atoms with van der Waals surface area (Å²) in [6, 6.07) is -0.391. The molecule has 1 rings (SSSR count). The van der Waals surface area contributed by atoms with Crippen LogP contribution in [-0.2, 0) is 16.6 Å². The molecule has 1 unspecified atom stereocenters. The number of aromatic nitrogens is 2. The Kier molecular flexibility index (Phi) is 8.70. The highest BCUT2D eigenvalue weighted by molar-refractivity contribution is 6.32. The summed E-state index contributed by atoms with van der Waals surface area (Å²) in [5.41, 5.74) is 2.49. The van der Waals surface area contributed by atoms with Crippen molar-refractivity contribution < 1.29 is 4.79 Å². The Morgan fingerprint density at radius 3 is 2.37 bits per heavy atom. The number of hydrogen-bond acceptors (Lipinski definition) is 5. The maximum atomic E-state index is 12.1. The highest BCUT2D eigenvalue weighted by Crippen LogP contribution is 2.21. The first kappa shape index (κ1) is 22.9. The van der Waals surface area contributed by atoms with Crippen molar-refractivity contribution in [2.24, 2.45) is 0 Å². The minimum Gasteiger partial charge on any atom is -0.393 e. The van der Waals surface area contributed by atoms with Gasteiger partial charge in [0, 0.05) is 49.6 Å².